The summed E-state index contributed by atoms with van der Waals surface area (Å²) < 4.78 is 5.57. The van der Waals surface area contributed by atoms with Crippen LogP contribution in [0.1, 0.15) is 54.4 Å². The number of anilines is 1. The van der Waals surface area contributed by atoms with Crippen molar-refractivity contribution in [1.29, 1.82) is 0 Å². The van der Waals surface area contributed by atoms with Gasteiger partial charge in [-0.15, -0.1) is 0 Å². The third-order valence-corrected chi connectivity index (χ3v) is 5.15. The van der Waals surface area contributed by atoms with E-state index >= 15 is 0 Å². The first-order chi connectivity index (χ1) is 14.1. The lowest BCUT2D eigenvalue weighted by molar-refractivity contribution is -0.119. The Hall–Kier alpha value is -2.73. The summed E-state index contributed by atoms with van der Waals surface area (Å²) in [5.41, 5.74) is 2.32. The molecule has 5 nitrogen and oxygen atoms in total. The van der Waals surface area contributed by atoms with Gasteiger partial charge < -0.3 is 15.4 Å². The van der Waals surface area contributed by atoms with E-state index in [0.717, 1.165) is 31.2 Å². The van der Waals surface area contributed by atoms with Crippen LogP contribution in [0, 0.1) is 0 Å². The molecule has 1 aliphatic rings. The second kappa shape index (κ2) is 10.7. The van der Waals surface area contributed by atoms with Gasteiger partial charge in [-0.3, -0.25) is 4.79 Å². The van der Waals surface area contributed by atoms with Gasteiger partial charge in [0.1, 0.15) is 6.10 Å². The summed E-state index contributed by atoms with van der Waals surface area (Å²) >= 11 is 5.20. The molecule has 0 spiro atoms. The minimum absolute atomic E-state index is 0.0349. The summed E-state index contributed by atoms with van der Waals surface area (Å²) in [4.78, 5) is 24.3. The Labute approximate surface area is 176 Å². The molecule has 1 saturated carbocycles. The van der Waals surface area contributed by atoms with Gasteiger partial charge in [-0.2, -0.15) is 0 Å². The predicted octanol–water partition coefficient (Wildman–Crippen LogP) is 4.62. The fraction of sp³-hybridized carbons (Fsp3) is 0.348. The topological polar surface area (TPSA) is 67.4 Å². The van der Waals surface area contributed by atoms with Crippen LogP contribution in [0.15, 0.2) is 54.6 Å². The number of thiocarbonyl (C=S) groups is 1. The van der Waals surface area contributed by atoms with Gasteiger partial charge in [0.25, 0.3) is 0 Å². The van der Waals surface area contributed by atoms with Crippen LogP contribution in [0.2, 0.25) is 0 Å². The van der Waals surface area contributed by atoms with Crippen LogP contribution < -0.4 is 10.6 Å². The summed E-state index contributed by atoms with van der Waals surface area (Å²) in [6.07, 6.45) is 6.41. The number of benzene rings is 2. The molecule has 3 rings (SSSR count). The average molecular weight is 411 g/mol. The SMILES string of the molecule is O=C(CCc1ccccc1)NC(=S)Nc1ccc(C(=O)OC2CCCCC2)cc1. The summed E-state index contributed by atoms with van der Waals surface area (Å²) in [6, 6.07) is 16.7. The lowest BCUT2D eigenvalue weighted by Gasteiger charge is -2.21. The van der Waals surface area contributed by atoms with Gasteiger partial charge in [0.15, 0.2) is 5.11 Å². The summed E-state index contributed by atoms with van der Waals surface area (Å²) in [5.74, 6) is -0.431. The molecular weight excluding hydrogens is 384 g/mol. The number of hydrogen-bond acceptors (Lipinski definition) is 4. The Kier molecular flexibility index (Phi) is 7.76. The Morgan fingerprint density at radius 3 is 2.34 bits per heavy atom. The molecule has 2 N–H and O–H groups in total. The van der Waals surface area contributed by atoms with Crippen LogP contribution in [0.4, 0.5) is 5.69 Å². The first-order valence-electron chi connectivity index (χ1n) is 10.1. The Balaban J connectivity index is 1.43. The molecule has 0 bridgehead atoms. The van der Waals surface area contributed by atoms with Crippen molar-refractivity contribution in [3.05, 3.63) is 65.7 Å². The molecule has 6 heteroatoms. The third-order valence-electron chi connectivity index (χ3n) is 4.94. The summed E-state index contributed by atoms with van der Waals surface area (Å²) in [7, 11) is 0. The number of amides is 1. The molecule has 1 aliphatic carbocycles. The fourth-order valence-electron chi connectivity index (χ4n) is 3.35. The Bertz CT molecular complexity index is 831. The Morgan fingerprint density at radius 2 is 1.66 bits per heavy atom. The maximum Gasteiger partial charge on any atom is 0.338 e. The standard InChI is InChI=1S/C23H26N2O3S/c26-21(16-11-17-7-3-1-4-8-17)25-23(29)24-19-14-12-18(13-15-19)22(27)28-20-9-5-2-6-10-20/h1,3-4,7-8,12-15,20H,2,5-6,9-11,16H2,(H2,24,25,26,29). The minimum atomic E-state index is -0.291. The zero-order valence-electron chi connectivity index (χ0n) is 16.4. The molecule has 0 unspecified atom stereocenters. The third kappa shape index (κ3) is 6.98. The number of hydrogen-bond donors (Lipinski definition) is 2. The second-order valence-corrected chi connectivity index (χ2v) is 7.64. The van der Waals surface area contributed by atoms with E-state index in [9.17, 15) is 9.59 Å². The van der Waals surface area contributed by atoms with E-state index in [1.165, 1.54) is 6.42 Å². The average Bonchev–Trinajstić information content (AvgIpc) is 2.74. The lowest BCUT2D eigenvalue weighted by Crippen LogP contribution is -2.34. The second-order valence-electron chi connectivity index (χ2n) is 7.23. The first-order valence-corrected chi connectivity index (χ1v) is 10.5. The highest BCUT2D eigenvalue weighted by Crippen LogP contribution is 2.21. The van der Waals surface area contributed by atoms with Gasteiger partial charge in [0, 0.05) is 12.1 Å². The fourth-order valence-corrected chi connectivity index (χ4v) is 3.58. The maximum atomic E-state index is 12.3. The molecule has 152 valence electrons. The normalized spacial score (nSPS) is 14.1. The van der Waals surface area contributed by atoms with Crippen molar-refractivity contribution >= 4 is 34.9 Å². The summed E-state index contributed by atoms with van der Waals surface area (Å²) in [6.45, 7) is 0. The van der Waals surface area contributed by atoms with E-state index in [1.54, 1.807) is 24.3 Å². The highest BCUT2D eigenvalue weighted by Gasteiger charge is 2.18. The predicted molar refractivity (Wildman–Crippen MR) is 118 cm³/mol. The highest BCUT2D eigenvalue weighted by atomic mass is 32.1. The van der Waals surface area contributed by atoms with Gasteiger partial charge in [-0.1, -0.05) is 36.8 Å². The number of aryl methyl sites for hydroxylation is 1. The number of esters is 1. The molecule has 0 heterocycles. The number of carbonyl (C=O) groups excluding carboxylic acids is 2. The van der Waals surface area contributed by atoms with E-state index in [4.69, 9.17) is 17.0 Å². The molecule has 1 amide bonds. The maximum absolute atomic E-state index is 12.3. The zero-order chi connectivity index (χ0) is 20.5. The van der Waals surface area contributed by atoms with Crippen LogP contribution in [0.25, 0.3) is 0 Å². The van der Waals surface area contributed by atoms with E-state index in [2.05, 4.69) is 10.6 Å². The molecule has 29 heavy (non-hydrogen) atoms. The van der Waals surface area contributed by atoms with Gasteiger partial charge in [-0.25, -0.2) is 4.79 Å². The first kappa shape index (κ1) is 21.0. The Morgan fingerprint density at radius 1 is 0.966 bits per heavy atom. The van der Waals surface area contributed by atoms with Crippen molar-refractivity contribution in [1.82, 2.24) is 5.32 Å². The van der Waals surface area contributed by atoms with Crippen molar-refractivity contribution in [2.24, 2.45) is 0 Å². The molecule has 0 saturated heterocycles. The van der Waals surface area contributed by atoms with Crippen molar-refractivity contribution in [2.75, 3.05) is 5.32 Å². The van der Waals surface area contributed by atoms with Crippen molar-refractivity contribution in [3.8, 4) is 0 Å². The summed E-state index contributed by atoms with van der Waals surface area (Å²) in [5, 5.41) is 5.88. The molecule has 2 aromatic rings. The monoisotopic (exact) mass is 410 g/mol. The zero-order valence-corrected chi connectivity index (χ0v) is 17.2. The number of ether oxygens (including phenoxy) is 1. The van der Waals surface area contributed by atoms with Crippen LogP contribution >= 0.6 is 12.2 Å². The van der Waals surface area contributed by atoms with E-state index < -0.39 is 0 Å². The van der Waals surface area contributed by atoms with E-state index in [1.807, 2.05) is 30.3 Å². The molecule has 2 aromatic carbocycles. The molecule has 1 fully saturated rings. The molecule has 0 aromatic heterocycles. The molecule has 0 atom stereocenters. The quantitative estimate of drug-likeness (QED) is 0.537. The molecular formula is C23H26N2O3S. The van der Waals surface area contributed by atoms with Gasteiger partial charge in [-0.05, 0) is 74.2 Å². The number of carbonyl (C=O) groups is 2. The van der Waals surface area contributed by atoms with Gasteiger partial charge in [0.05, 0.1) is 5.56 Å². The van der Waals surface area contributed by atoms with Crippen LogP contribution in [0.5, 0.6) is 0 Å². The number of nitrogens with one attached hydrogen (secondary N) is 2. The molecule has 0 radical (unpaired) electrons. The van der Waals surface area contributed by atoms with Crippen molar-refractivity contribution in [2.45, 2.75) is 51.0 Å². The van der Waals surface area contributed by atoms with E-state index in [0.29, 0.717) is 24.1 Å². The van der Waals surface area contributed by atoms with Crippen LogP contribution in [-0.4, -0.2) is 23.1 Å². The van der Waals surface area contributed by atoms with Crippen molar-refractivity contribution < 1.29 is 14.3 Å². The highest BCUT2D eigenvalue weighted by molar-refractivity contribution is 7.80. The molecule has 0 aliphatic heterocycles. The largest absolute Gasteiger partial charge is 0.459 e. The van der Waals surface area contributed by atoms with Crippen LogP contribution in [-0.2, 0) is 16.0 Å². The van der Waals surface area contributed by atoms with E-state index in [-0.39, 0.29) is 23.1 Å². The van der Waals surface area contributed by atoms with Crippen molar-refractivity contribution in [3.63, 3.8) is 0 Å². The minimum Gasteiger partial charge on any atom is -0.459 e. The smallest absolute Gasteiger partial charge is 0.338 e. The van der Waals surface area contributed by atoms with Crippen LogP contribution in [0.3, 0.4) is 0 Å². The number of rotatable bonds is 6. The van der Waals surface area contributed by atoms with Gasteiger partial charge >= 0.3 is 5.97 Å². The lowest BCUT2D eigenvalue weighted by atomic mass is 9.98. The van der Waals surface area contributed by atoms with Gasteiger partial charge in [0.2, 0.25) is 5.91 Å².